The maximum atomic E-state index is 12.5. The van der Waals surface area contributed by atoms with E-state index >= 15 is 0 Å². The number of anilines is 1. The molecule has 0 aromatic heterocycles. The number of likely N-dealkylation sites (tertiary alicyclic amines) is 1. The monoisotopic (exact) mass is 463 g/mol. The van der Waals surface area contributed by atoms with E-state index in [0.29, 0.717) is 23.8 Å². The van der Waals surface area contributed by atoms with Gasteiger partial charge in [0.15, 0.2) is 0 Å². The summed E-state index contributed by atoms with van der Waals surface area (Å²) >= 11 is 6.27. The highest BCUT2D eigenvalue weighted by Gasteiger charge is 2.20. The van der Waals surface area contributed by atoms with E-state index < -0.39 is 10.0 Å². The summed E-state index contributed by atoms with van der Waals surface area (Å²) in [4.78, 5) is 15.2. The van der Waals surface area contributed by atoms with Crippen LogP contribution in [0.15, 0.2) is 53.4 Å². The Bertz CT molecular complexity index is 983. The molecule has 168 valence electrons. The summed E-state index contributed by atoms with van der Waals surface area (Å²) < 4.78 is 27.4. The molecule has 1 aliphatic heterocycles. The summed E-state index contributed by atoms with van der Waals surface area (Å²) in [5, 5.41) is 3.12. The van der Waals surface area contributed by atoms with Gasteiger partial charge in [-0.25, -0.2) is 8.42 Å². The zero-order valence-corrected chi connectivity index (χ0v) is 19.4. The van der Waals surface area contributed by atoms with E-state index in [1.165, 1.54) is 49.9 Å². The molecule has 31 heavy (non-hydrogen) atoms. The number of carbonyl (C=O) groups excluding carboxylic acids is 1. The highest BCUT2D eigenvalue weighted by atomic mass is 35.5. The third-order valence-corrected chi connectivity index (χ3v) is 7.36. The van der Waals surface area contributed by atoms with Crippen LogP contribution in [0, 0.1) is 0 Å². The third-order valence-electron chi connectivity index (χ3n) is 5.65. The minimum atomic E-state index is -3.71. The molecule has 1 heterocycles. The normalized spacial score (nSPS) is 17.3. The first-order chi connectivity index (χ1) is 14.9. The Hall–Kier alpha value is -2.09. The van der Waals surface area contributed by atoms with Crippen LogP contribution in [0.5, 0.6) is 0 Å². The van der Waals surface area contributed by atoms with Crippen LogP contribution in [-0.4, -0.2) is 44.9 Å². The molecule has 2 aromatic carbocycles. The van der Waals surface area contributed by atoms with Crippen LogP contribution in [0.25, 0.3) is 0 Å². The Kier molecular flexibility index (Phi) is 8.35. The minimum absolute atomic E-state index is 0.159. The highest BCUT2D eigenvalue weighted by molar-refractivity contribution is 7.92. The zero-order valence-electron chi connectivity index (χ0n) is 17.8. The number of carbonyl (C=O) groups is 1. The van der Waals surface area contributed by atoms with Gasteiger partial charge in [0.1, 0.15) is 0 Å². The van der Waals surface area contributed by atoms with Crippen molar-refractivity contribution in [1.29, 1.82) is 0 Å². The number of halogens is 1. The number of hydrogen-bond acceptors (Lipinski definition) is 4. The van der Waals surface area contributed by atoms with Crippen molar-refractivity contribution in [2.45, 2.75) is 50.0 Å². The van der Waals surface area contributed by atoms with Crippen molar-refractivity contribution in [3.63, 3.8) is 0 Å². The summed E-state index contributed by atoms with van der Waals surface area (Å²) in [6.07, 6.45) is 5.87. The molecule has 0 unspecified atom stereocenters. The number of rotatable bonds is 9. The second-order valence-electron chi connectivity index (χ2n) is 7.82. The lowest BCUT2D eigenvalue weighted by Gasteiger charge is -2.35. The smallest absolute Gasteiger partial charge is 0.261 e. The first-order valence-electron chi connectivity index (χ1n) is 10.8. The topological polar surface area (TPSA) is 78.5 Å². The molecule has 0 aliphatic carbocycles. The van der Waals surface area contributed by atoms with Crippen LogP contribution < -0.4 is 10.0 Å². The molecule has 8 heteroatoms. The van der Waals surface area contributed by atoms with E-state index in [-0.39, 0.29) is 15.8 Å². The van der Waals surface area contributed by atoms with Crippen molar-refractivity contribution in [1.82, 2.24) is 10.2 Å². The maximum Gasteiger partial charge on any atom is 0.261 e. The van der Waals surface area contributed by atoms with Gasteiger partial charge in [-0.05, 0) is 62.6 Å². The molecule has 0 radical (unpaired) electrons. The maximum absolute atomic E-state index is 12.5. The molecule has 1 amide bonds. The molecule has 1 atom stereocenters. The van der Waals surface area contributed by atoms with Crippen LogP contribution >= 0.6 is 11.6 Å². The Morgan fingerprint density at radius 1 is 1.16 bits per heavy atom. The summed E-state index contributed by atoms with van der Waals surface area (Å²) in [5.41, 5.74) is 0.634. The average Bonchev–Trinajstić information content (AvgIpc) is 2.77. The van der Waals surface area contributed by atoms with Gasteiger partial charge in [-0.2, -0.15) is 0 Å². The average molecular weight is 464 g/mol. The minimum Gasteiger partial charge on any atom is -0.352 e. The molecule has 0 bridgehead atoms. The van der Waals surface area contributed by atoms with E-state index in [1.54, 1.807) is 24.3 Å². The number of nitrogens with one attached hydrogen (secondary N) is 2. The predicted molar refractivity (Wildman–Crippen MR) is 125 cm³/mol. The summed E-state index contributed by atoms with van der Waals surface area (Å²) in [5.74, 6) is -0.256. The lowest BCUT2D eigenvalue weighted by molar-refractivity contribution is 0.0947. The molecular formula is C23H30ClN3O3S. The number of piperidine rings is 1. The first kappa shape index (κ1) is 23.6. The molecule has 1 saturated heterocycles. The molecule has 1 fully saturated rings. The summed E-state index contributed by atoms with van der Waals surface area (Å²) in [6.45, 7) is 4.92. The van der Waals surface area contributed by atoms with Crippen LogP contribution in [0.1, 0.15) is 49.4 Å². The largest absolute Gasteiger partial charge is 0.352 e. The lowest BCUT2D eigenvalue weighted by atomic mass is 10.00. The van der Waals surface area contributed by atoms with E-state index in [0.717, 1.165) is 19.5 Å². The second-order valence-corrected chi connectivity index (χ2v) is 9.91. The summed E-state index contributed by atoms with van der Waals surface area (Å²) in [6, 6.07) is 13.3. The van der Waals surface area contributed by atoms with Crippen LogP contribution in [0.4, 0.5) is 5.69 Å². The number of amides is 1. The van der Waals surface area contributed by atoms with Gasteiger partial charge in [-0.15, -0.1) is 0 Å². The molecule has 0 spiro atoms. The second kappa shape index (κ2) is 11.0. The fourth-order valence-corrected chi connectivity index (χ4v) is 5.31. The lowest BCUT2D eigenvalue weighted by Crippen LogP contribution is -2.40. The van der Waals surface area contributed by atoms with Gasteiger partial charge in [0.25, 0.3) is 15.9 Å². The van der Waals surface area contributed by atoms with Crippen molar-refractivity contribution < 1.29 is 13.2 Å². The van der Waals surface area contributed by atoms with Gasteiger partial charge in [0, 0.05) is 19.1 Å². The SMILES string of the molecule is CC[C@@H]1CCCCN1CCCNC(=O)c1ccc(NS(=O)(=O)c2ccccc2)cc1Cl. The van der Waals surface area contributed by atoms with E-state index in [9.17, 15) is 13.2 Å². The molecule has 0 saturated carbocycles. The van der Waals surface area contributed by atoms with Gasteiger partial charge in [-0.3, -0.25) is 9.52 Å². The molecule has 6 nitrogen and oxygen atoms in total. The van der Waals surface area contributed by atoms with Crippen LogP contribution in [0.2, 0.25) is 5.02 Å². The number of hydrogen-bond donors (Lipinski definition) is 2. The Morgan fingerprint density at radius 2 is 1.94 bits per heavy atom. The van der Waals surface area contributed by atoms with Crippen molar-refractivity contribution in [3.05, 3.63) is 59.1 Å². The van der Waals surface area contributed by atoms with Crippen molar-refractivity contribution in [3.8, 4) is 0 Å². The number of benzene rings is 2. The molecule has 2 N–H and O–H groups in total. The van der Waals surface area contributed by atoms with E-state index in [1.807, 2.05) is 0 Å². The molecule has 2 aromatic rings. The van der Waals surface area contributed by atoms with Crippen molar-refractivity contribution in [2.75, 3.05) is 24.4 Å². The fourth-order valence-electron chi connectivity index (χ4n) is 3.97. The highest BCUT2D eigenvalue weighted by Crippen LogP contribution is 2.23. The standard InChI is InChI=1S/C23H30ClN3O3S/c1-2-19-9-6-7-15-27(19)16-8-14-25-23(28)21-13-12-18(17-22(21)24)26-31(29,30)20-10-4-3-5-11-20/h3-5,10-13,17,19,26H,2,6-9,14-16H2,1H3,(H,25,28)/t19-/m1/s1. The molecular weight excluding hydrogens is 434 g/mol. The van der Waals surface area contributed by atoms with Gasteiger partial charge >= 0.3 is 0 Å². The first-order valence-corrected chi connectivity index (χ1v) is 12.7. The fraction of sp³-hybridized carbons (Fsp3) is 0.435. The molecule has 3 rings (SSSR count). The van der Waals surface area contributed by atoms with Crippen molar-refractivity contribution >= 4 is 33.2 Å². The van der Waals surface area contributed by atoms with E-state index in [2.05, 4.69) is 21.9 Å². The van der Waals surface area contributed by atoms with Gasteiger partial charge in [-0.1, -0.05) is 43.1 Å². The molecule has 1 aliphatic rings. The van der Waals surface area contributed by atoms with Crippen LogP contribution in [-0.2, 0) is 10.0 Å². The van der Waals surface area contributed by atoms with Crippen LogP contribution in [0.3, 0.4) is 0 Å². The van der Waals surface area contributed by atoms with Gasteiger partial charge in [0.05, 0.1) is 21.2 Å². The Morgan fingerprint density at radius 3 is 2.65 bits per heavy atom. The third kappa shape index (κ3) is 6.45. The summed E-state index contributed by atoms with van der Waals surface area (Å²) in [7, 11) is -3.71. The van der Waals surface area contributed by atoms with Crippen molar-refractivity contribution in [2.24, 2.45) is 0 Å². The zero-order chi connectivity index (χ0) is 22.3. The number of nitrogens with zero attached hydrogens (tertiary/aromatic N) is 1. The Balaban J connectivity index is 1.53. The van der Waals surface area contributed by atoms with E-state index in [4.69, 9.17) is 11.6 Å². The van der Waals surface area contributed by atoms with Gasteiger partial charge < -0.3 is 10.2 Å². The Labute approximate surface area is 190 Å². The quantitative estimate of drug-likeness (QED) is 0.535. The predicted octanol–water partition coefficient (Wildman–Crippen LogP) is 4.53. The van der Waals surface area contributed by atoms with Gasteiger partial charge in [0.2, 0.25) is 0 Å². The number of sulfonamides is 1.